The van der Waals surface area contributed by atoms with E-state index in [0.29, 0.717) is 55.8 Å². The number of ether oxygens (including phenoxy) is 5. The second-order valence-corrected chi connectivity index (χ2v) is 8.96. The largest absolute Gasteiger partial charge is 1.00 e. The van der Waals surface area contributed by atoms with Gasteiger partial charge in [-0.2, -0.15) is 0 Å². The number of fused-ring (bicyclic) bond motifs is 2. The van der Waals surface area contributed by atoms with E-state index in [9.17, 15) is 14.7 Å². The number of rotatable bonds is 8. The van der Waals surface area contributed by atoms with Gasteiger partial charge in [-0.25, -0.2) is 0 Å². The fraction of sp³-hybridized carbons (Fsp3) is 0.214. The summed E-state index contributed by atoms with van der Waals surface area (Å²) in [6.45, 7) is 0.112. The average molecular weight is 576 g/mol. The van der Waals surface area contributed by atoms with Gasteiger partial charge in [0, 0.05) is 35.0 Å². The van der Waals surface area contributed by atoms with Gasteiger partial charge in [-0.15, -0.1) is 0 Å². The molecule has 11 heteroatoms. The summed E-state index contributed by atoms with van der Waals surface area (Å²) in [5.74, 6) is 0.656. The van der Waals surface area contributed by atoms with Crippen LogP contribution in [0.5, 0.6) is 28.7 Å². The van der Waals surface area contributed by atoms with Gasteiger partial charge < -0.3 is 38.2 Å². The second-order valence-electron chi connectivity index (χ2n) is 8.55. The minimum Gasteiger partial charge on any atom is -0.543 e. The summed E-state index contributed by atoms with van der Waals surface area (Å²) in [4.78, 5) is 26.3. The molecule has 0 amide bonds. The Kier molecular flexibility index (Phi) is 9.15. The van der Waals surface area contributed by atoms with Gasteiger partial charge in [0.25, 0.3) is 0 Å². The third-order valence-corrected chi connectivity index (χ3v) is 6.79. The first-order valence-electron chi connectivity index (χ1n) is 11.6. The molecule has 1 aliphatic heterocycles. The van der Waals surface area contributed by atoms with Crippen molar-refractivity contribution in [1.82, 2.24) is 4.57 Å². The van der Waals surface area contributed by atoms with E-state index in [4.69, 9.17) is 35.3 Å². The Morgan fingerprint density at radius 1 is 1.00 bits per heavy atom. The van der Waals surface area contributed by atoms with E-state index in [1.807, 2.05) is 0 Å². The summed E-state index contributed by atoms with van der Waals surface area (Å²) in [7, 11) is 4.44. The van der Waals surface area contributed by atoms with Crippen LogP contribution in [0.3, 0.4) is 0 Å². The third kappa shape index (κ3) is 5.50. The Morgan fingerprint density at radius 2 is 1.64 bits per heavy atom. The number of hydrogen-bond donors (Lipinski definition) is 0. The van der Waals surface area contributed by atoms with Crippen molar-refractivity contribution < 1.29 is 85.0 Å². The number of aromatic nitrogens is 1. The fourth-order valence-electron chi connectivity index (χ4n) is 4.71. The zero-order valence-corrected chi connectivity index (χ0v) is 25.7. The number of methoxy groups -OCH3 is 3. The minimum absolute atomic E-state index is 0. The first-order chi connectivity index (χ1) is 18.4. The quantitative estimate of drug-likeness (QED) is 0.278. The smallest absolute Gasteiger partial charge is 0.543 e. The number of pyridine rings is 1. The molecule has 0 fully saturated rings. The molecule has 0 aliphatic carbocycles. The van der Waals surface area contributed by atoms with Crippen LogP contribution < -0.4 is 85.6 Å². The maximum atomic E-state index is 13.7. The van der Waals surface area contributed by atoms with E-state index in [1.165, 1.54) is 25.9 Å². The first-order valence-corrected chi connectivity index (χ1v) is 12.0. The van der Waals surface area contributed by atoms with Crippen LogP contribution in [0.25, 0.3) is 10.9 Å². The summed E-state index contributed by atoms with van der Waals surface area (Å²) in [5, 5.41) is 13.3. The van der Waals surface area contributed by atoms with Crippen molar-refractivity contribution in [3.05, 3.63) is 86.2 Å². The van der Waals surface area contributed by atoms with Gasteiger partial charge in [0.05, 0.1) is 38.5 Å². The molecule has 196 valence electrons. The van der Waals surface area contributed by atoms with E-state index < -0.39 is 11.4 Å². The van der Waals surface area contributed by atoms with E-state index in [-0.39, 0.29) is 82.4 Å². The van der Waals surface area contributed by atoms with E-state index in [0.717, 1.165) is 0 Å². The molecule has 0 unspecified atom stereocenters. The zero-order chi connectivity index (χ0) is 27.0. The molecule has 0 spiro atoms. The molecule has 0 bridgehead atoms. The van der Waals surface area contributed by atoms with Crippen LogP contribution in [0.15, 0.2) is 53.3 Å². The Morgan fingerprint density at radius 3 is 2.26 bits per heavy atom. The molecule has 0 atom stereocenters. The summed E-state index contributed by atoms with van der Waals surface area (Å²) in [5.41, 5.74) is 0.986. The van der Waals surface area contributed by atoms with E-state index in [1.54, 1.807) is 48.5 Å². The number of para-hydroxylation sites is 1. The number of nitrogens with zero attached hydrogens (tertiary/aromatic N) is 1. The molecular weight excluding hydrogens is 553 g/mol. The summed E-state index contributed by atoms with van der Waals surface area (Å²) >= 11 is 6.52. The monoisotopic (exact) mass is 575 g/mol. The SMILES string of the molecule is COc1cc(Cc2c(C(=O)[O-])n(Cc3cc4c(cc3Cl)OCO4)c3ccccc3c2=O)cc(OC)c1OC.[K+]. The number of halogens is 1. The van der Waals surface area contributed by atoms with Crippen LogP contribution >= 0.6 is 11.6 Å². The van der Waals surface area contributed by atoms with Crippen LogP contribution in [0.4, 0.5) is 0 Å². The molecular formula is C28H23ClKNO8. The Hall–Kier alpha value is -2.73. The average Bonchev–Trinajstić information content (AvgIpc) is 3.37. The molecule has 3 aromatic carbocycles. The predicted molar refractivity (Wildman–Crippen MR) is 138 cm³/mol. The van der Waals surface area contributed by atoms with Gasteiger partial charge in [0.1, 0.15) is 0 Å². The molecule has 0 saturated carbocycles. The molecule has 2 heterocycles. The molecule has 0 radical (unpaired) electrons. The number of benzene rings is 3. The molecule has 0 saturated heterocycles. The number of hydrogen-bond acceptors (Lipinski definition) is 8. The van der Waals surface area contributed by atoms with Crippen LogP contribution in [0.1, 0.15) is 27.2 Å². The van der Waals surface area contributed by atoms with Crippen LogP contribution in [-0.4, -0.2) is 38.7 Å². The molecule has 1 aliphatic rings. The van der Waals surface area contributed by atoms with Gasteiger partial charge in [0.15, 0.2) is 28.4 Å². The van der Waals surface area contributed by atoms with Crippen LogP contribution in [0.2, 0.25) is 5.02 Å². The van der Waals surface area contributed by atoms with Gasteiger partial charge in [-0.1, -0.05) is 23.7 Å². The van der Waals surface area contributed by atoms with Gasteiger partial charge in [-0.3, -0.25) is 4.79 Å². The topological polar surface area (TPSA) is 108 Å². The predicted octanol–water partition coefficient (Wildman–Crippen LogP) is 0.416. The van der Waals surface area contributed by atoms with Crippen molar-refractivity contribution in [2.45, 2.75) is 13.0 Å². The summed E-state index contributed by atoms with van der Waals surface area (Å²) in [6, 6.07) is 13.5. The summed E-state index contributed by atoms with van der Waals surface area (Å²) < 4.78 is 28.6. The second kappa shape index (κ2) is 12.2. The number of aromatic carboxylic acids is 1. The number of carboxylic acid groups (broad SMARTS) is 1. The van der Waals surface area contributed by atoms with E-state index >= 15 is 0 Å². The van der Waals surface area contributed by atoms with Crippen LogP contribution in [0, 0.1) is 0 Å². The molecule has 1 aromatic heterocycles. The van der Waals surface area contributed by atoms with Crippen molar-refractivity contribution >= 4 is 28.5 Å². The van der Waals surface area contributed by atoms with Crippen LogP contribution in [-0.2, 0) is 13.0 Å². The van der Waals surface area contributed by atoms with Crippen molar-refractivity contribution in [2.24, 2.45) is 0 Å². The molecule has 39 heavy (non-hydrogen) atoms. The first kappa shape index (κ1) is 29.3. The zero-order valence-electron chi connectivity index (χ0n) is 21.8. The molecule has 9 nitrogen and oxygen atoms in total. The Balaban J connectivity index is 0.00000353. The van der Waals surface area contributed by atoms with E-state index in [2.05, 4.69) is 0 Å². The Labute approximate surface area is 271 Å². The van der Waals surface area contributed by atoms with Gasteiger partial charge in [0.2, 0.25) is 12.5 Å². The standard InChI is InChI=1S/C28H24ClNO8.K/c1-34-23-9-15(10-24(35-2)27(23)36-3)8-18-25(28(32)33)30(20-7-5-4-6-17(20)26(18)31)13-16-11-21-22(12-19(16)29)38-14-37-21;/h4-7,9-12H,8,13-14H2,1-3H3,(H,32,33);/q;+1/p-1. The maximum Gasteiger partial charge on any atom is 1.00 e. The number of carbonyl (C=O) groups is 1. The normalized spacial score (nSPS) is 11.7. The third-order valence-electron chi connectivity index (χ3n) is 6.44. The van der Waals surface area contributed by atoms with Crippen molar-refractivity contribution in [3.8, 4) is 28.7 Å². The van der Waals surface area contributed by atoms with Gasteiger partial charge >= 0.3 is 51.4 Å². The van der Waals surface area contributed by atoms with Crippen molar-refractivity contribution in [2.75, 3.05) is 28.1 Å². The molecule has 0 N–H and O–H groups in total. The number of carboxylic acids is 1. The number of carbonyl (C=O) groups excluding carboxylic acids is 1. The maximum absolute atomic E-state index is 13.7. The minimum atomic E-state index is -1.49. The van der Waals surface area contributed by atoms with Crippen molar-refractivity contribution in [3.63, 3.8) is 0 Å². The van der Waals surface area contributed by atoms with Gasteiger partial charge in [-0.05, 0) is 41.5 Å². The van der Waals surface area contributed by atoms with Crippen molar-refractivity contribution in [1.29, 1.82) is 0 Å². The Bertz CT molecular complexity index is 1610. The summed E-state index contributed by atoms with van der Waals surface area (Å²) in [6.07, 6.45) is -0.0292. The molecule has 5 rings (SSSR count). The molecule has 4 aromatic rings. The fourth-order valence-corrected chi connectivity index (χ4v) is 4.92.